The van der Waals surface area contributed by atoms with Crippen molar-refractivity contribution in [3.8, 4) is 28.9 Å². The molecule has 0 unspecified atom stereocenters. The monoisotopic (exact) mass is 496 g/mol. The Labute approximate surface area is 194 Å². The van der Waals surface area contributed by atoms with Gasteiger partial charge in [-0.05, 0) is 30.0 Å². The maximum atomic E-state index is 13.3. The third-order valence-electron chi connectivity index (χ3n) is 4.56. The van der Waals surface area contributed by atoms with E-state index in [-0.39, 0.29) is 11.3 Å². The van der Waals surface area contributed by atoms with Crippen molar-refractivity contribution < 1.29 is 31.4 Å². The molecule has 0 spiro atoms. The second-order valence-electron chi connectivity index (χ2n) is 6.92. The largest absolute Gasteiger partial charge is 0.485 e. The van der Waals surface area contributed by atoms with Gasteiger partial charge in [0.1, 0.15) is 22.7 Å². The molecule has 0 aliphatic heterocycles. The molecule has 4 heterocycles. The number of rotatable bonds is 8. The van der Waals surface area contributed by atoms with E-state index < -0.39 is 18.7 Å². The van der Waals surface area contributed by atoms with Gasteiger partial charge in [-0.25, -0.2) is 15.0 Å². The van der Waals surface area contributed by atoms with Crippen molar-refractivity contribution in [2.24, 2.45) is 0 Å². The van der Waals surface area contributed by atoms with Gasteiger partial charge in [0, 0.05) is 23.4 Å². The highest BCUT2D eigenvalue weighted by molar-refractivity contribution is 7.99. The van der Waals surface area contributed by atoms with Crippen LogP contribution in [-0.4, -0.2) is 43.8 Å². The molecule has 0 radical (unpaired) electrons. The Morgan fingerprint density at radius 1 is 1.00 bits per heavy atom. The van der Waals surface area contributed by atoms with Gasteiger partial charge < -0.3 is 9.47 Å². The van der Waals surface area contributed by atoms with Gasteiger partial charge >= 0.3 is 12.1 Å². The second kappa shape index (κ2) is 9.45. The highest BCUT2D eigenvalue weighted by atomic mass is 32.2. The van der Waals surface area contributed by atoms with E-state index in [0.717, 1.165) is 4.90 Å². The molecule has 178 valence electrons. The van der Waals surface area contributed by atoms with Gasteiger partial charge in [-0.1, -0.05) is 13.0 Å². The zero-order chi connectivity index (χ0) is 24.3. The Kier molecular flexibility index (Phi) is 6.60. The number of aromatic nitrogens is 4. The Morgan fingerprint density at radius 2 is 1.82 bits per heavy atom. The predicted octanol–water partition coefficient (Wildman–Crippen LogP) is 6.27. The molecule has 0 amide bonds. The molecule has 0 N–H and O–H groups in total. The molecule has 4 aromatic rings. The number of halogens is 5. The molecule has 0 bridgehead atoms. The first-order chi connectivity index (χ1) is 16.2. The average molecular weight is 496 g/mol. The van der Waals surface area contributed by atoms with Gasteiger partial charge in [-0.2, -0.15) is 22.0 Å². The minimum absolute atomic E-state index is 0.162. The van der Waals surface area contributed by atoms with Crippen LogP contribution >= 0.6 is 11.8 Å². The standard InChI is InChI=1S/C22H17F5N4O2S/c1-2-34-17-10-14(33-18-7-3-4-8-28-18)11-29-19(17)20-30-12-15-16(6-5-9-31(15)20)32-13-21(23,24)22(25,26)27/h3-12H,2,13H2,1H3. The summed E-state index contributed by atoms with van der Waals surface area (Å²) in [7, 11) is 0. The first-order valence-corrected chi connectivity index (χ1v) is 10.9. The summed E-state index contributed by atoms with van der Waals surface area (Å²) in [5.74, 6) is -3.22. The molecular formula is C22H17F5N4O2S. The van der Waals surface area contributed by atoms with Crippen LogP contribution in [0.3, 0.4) is 0 Å². The van der Waals surface area contributed by atoms with Crippen LogP contribution in [0.25, 0.3) is 17.0 Å². The molecular weight excluding hydrogens is 479 g/mol. The van der Waals surface area contributed by atoms with Gasteiger partial charge in [-0.15, -0.1) is 11.8 Å². The first kappa shape index (κ1) is 23.7. The fraction of sp³-hybridized carbons (Fsp3) is 0.227. The lowest BCUT2D eigenvalue weighted by Gasteiger charge is -2.20. The summed E-state index contributed by atoms with van der Waals surface area (Å²) in [6.45, 7) is 0.114. The molecule has 0 aromatic carbocycles. The lowest BCUT2D eigenvalue weighted by Crippen LogP contribution is -2.41. The molecule has 0 aliphatic carbocycles. The van der Waals surface area contributed by atoms with Crippen molar-refractivity contribution in [3.63, 3.8) is 0 Å². The Hall–Kier alpha value is -3.41. The highest BCUT2D eigenvalue weighted by Gasteiger charge is 2.58. The van der Waals surface area contributed by atoms with E-state index >= 15 is 0 Å². The van der Waals surface area contributed by atoms with E-state index in [0.29, 0.717) is 28.9 Å². The molecule has 34 heavy (non-hydrogen) atoms. The normalized spacial score (nSPS) is 12.2. The number of alkyl halides is 5. The minimum Gasteiger partial charge on any atom is -0.485 e. The number of ether oxygens (including phenoxy) is 2. The number of thioether (sulfide) groups is 1. The number of hydrogen-bond acceptors (Lipinski definition) is 6. The van der Waals surface area contributed by atoms with E-state index in [9.17, 15) is 22.0 Å². The summed E-state index contributed by atoms with van der Waals surface area (Å²) in [6.07, 6.45) is 0.303. The topological polar surface area (TPSA) is 61.5 Å². The van der Waals surface area contributed by atoms with Gasteiger partial charge in [0.25, 0.3) is 0 Å². The van der Waals surface area contributed by atoms with E-state index in [1.54, 1.807) is 36.7 Å². The number of hydrogen-bond donors (Lipinski definition) is 0. The summed E-state index contributed by atoms with van der Waals surface area (Å²) in [5, 5.41) is 0. The van der Waals surface area contributed by atoms with Crippen molar-refractivity contribution in [2.45, 2.75) is 23.9 Å². The minimum atomic E-state index is -5.71. The molecule has 4 aromatic heterocycles. The van der Waals surface area contributed by atoms with E-state index in [2.05, 4.69) is 15.0 Å². The zero-order valence-corrected chi connectivity index (χ0v) is 18.4. The van der Waals surface area contributed by atoms with Crippen LogP contribution in [0.4, 0.5) is 22.0 Å². The summed E-state index contributed by atoms with van der Waals surface area (Å²) >= 11 is 1.48. The van der Waals surface area contributed by atoms with Crippen LogP contribution in [0.2, 0.25) is 0 Å². The van der Waals surface area contributed by atoms with Gasteiger partial charge in [0.2, 0.25) is 5.88 Å². The molecule has 0 saturated carbocycles. The lowest BCUT2D eigenvalue weighted by atomic mass is 10.3. The third kappa shape index (κ3) is 4.91. The SMILES string of the molecule is CCSc1cc(Oc2ccccn2)cnc1-c1ncc2c(OCC(F)(F)C(F)(F)F)cccn12. The first-order valence-electron chi connectivity index (χ1n) is 9.95. The van der Waals surface area contributed by atoms with Crippen LogP contribution in [0, 0.1) is 0 Å². The maximum Gasteiger partial charge on any atom is 0.456 e. The van der Waals surface area contributed by atoms with Crippen LogP contribution in [0.15, 0.2) is 66.1 Å². The summed E-state index contributed by atoms with van der Waals surface area (Å²) in [5.41, 5.74) is 0.705. The van der Waals surface area contributed by atoms with Gasteiger partial charge in [-0.3, -0.25) is 4.40 Å². The molecule has 12 heteroatoms. The van der Waals surface area contributed by atoms with Gasteiger partial charge in [0.15, 0.2) is 12.4 Å². The van der Waals surface area contributed by atoms with Crippen molar-refractivity contribution in [1.29, 1.82) is 0 Å². The predicted molar refractivity (Wildman–Crippen MR) is 116 cm³/mol. The van der Waals surface area contributed by atoms with Crippen LogP contribution in [-0.2, 0) is 0 Å². The quantitative estimate of drug-likeness (QED) is 0.212. The van der Waals surface area contributed by atoms with Crippen LogP contribution < -0.4 is 9.47 Å². The molecule has 0 atom stereocenters. The van der Waals surface area contributed by atoms with Crippen LogP contribution in [0.5, 0.6) is 17.4 Å². The number of fused-ring (bicyclic) bond motifs is 1. The maximum absolute atomic E-state index is 13.3. The Balaban J connectivity index is 1.66. The number of nitrogens with zero attached hydrogens (tertiary/aromatic N) is 4. The zero-order valence-electron chi connectivity index (χ0n) is 17.6. The molecule has 0 fully saturated rings. The fourth-order valence-corrected chi connectivity index (χ4v) is 3.78. The van der Waals surface area contributed by atoms with Crippen molar-refractivity contribution in [1.82, 2.24) is 19.4 Å². The van der Waals surface area contributed by atoms with E-state index in [4.69, 9.17) is 9.47 Å². The Morgan fingerprint density at radius 3 is 2.53 bits per heavy atom. The van der Waals surface area contributed by atoms with Crippen LogP contribution in [0.1, 0.15) is 6.92 Å². The second-order valence-corrected chi connectivity index (χ2v) is 8.23. The molecule has 0 aliphatic rings. The van der Waals surface area contributed by atoms with E-state index in [1.165, 1.54) is 40.7 Å². The van der Waals surface area contributed by atoms with Crippen molar-refractivity contribution in [2.75, 3.05) is 12.4 Å². The number of imidazole rings is 1. The van der Waals surface area contributed by atoms with Gasteiger partial charge in [0.05, 0.1) is 12.4 Å². The molecule has 4 rings (SSSR count). The summed E-state index contributed by atoms with van der Waals surface area (Å²) in [4.78, 5) is 13.6. The average Bonchev–Trinajstić information content (AvgIpc) is 3.23. The lowest BCUT2D eigenvalue weighted by molar-refractivity contribution is -0.289. The fourth-order valence-electron chi connectivity index (χ4n) is 2.99. The third-order valence-corrected chi connectivity index (χ3v) is 5.47. The molecule has 6 nitrogen and oxygen atoms in total. The van der Waals surface area contributed by atoms with Crippen molar-refractivity contribution >= 4 is 17.3 Å². The van der Waals surface area contributed by atoms with Crippen molar-refractivity contribution in [3.05, 3.63) is 61.2 Å². The highest BCUT2D eigenvalue weighted by Crippen LogP contribution is 2.37. The molecule has 0 saturated heterocycles. The summed E-state index contributed by atoms with van der Waals surface area (Å²) < 4.78 is 76.2. The number of pyridine rings is 3. The summed E-state index contributed by atoms with van der Waals surface area (Å²) in [6, 6.07) is 9.78. The Bertz CT molecular complexity index is 1280. The smallest absolute Gasteiger partial charge is 0.456 e. The van der Waals surface area contributed by atoms with E-state index in [1.807, 2.05) is 6.92 Å².